The fraction of sp³-hybridized carbons (Fsp3) is 0.444. The molecule has 0 spiro atoms. The second kappa shape index (κ2) is 6.25. The zero-order valence-electron chi connectivity index (χ0n) is 13.7. The van der Waals surface area contributed by atoms with E-state index in [-0.39, 0.29) is 5.41 Å². The number of aromatic nitrogens is 2. The molecule has 1 aromatic carbocycles. The Labute approximate surface area is 127 Å². The topological polar surface area (TPSA) is 37.8 Å². The van der Waals surface area contributed by atoms with Crippen LogP contribution in [0.3, 0.4) is 0 Å². The van der Waals surface area contributed by atoms with Crippen LogP contribution < -0.4 is 5.32 Å². The summed E-state index contributed by atoms with van der Waals surface area (Å²) in [6, 6.07) is 10.3. The molecule has 0 aliphatic rings. The van der Waals surface area contributed by atoms with E-state index < -0.39 is 0 Å². The molecule has 2 aromatic rings. The highest BCUT2D eigenvalue weighted by molar-refractivity contribution is 5.68. The minimum absolute atomic E-state index is 0.0696. The Morgan fingerprint density at radius 3 is 2.29 bits per heavy atom. The molecule has 0 saturated carbocycles. The number of hydrogen-bond acceptors (Lipinski definition) is 3. The van der Waals surface area contributed by atoms with Crippen LogP contribution in [0.5, 0.6) is 0 Å². The number of nitrogens with one attached hydrogen (secondary N) is 1. The van der Waals surface area contributed by atoms with Crippen molar-refractivity contribution in [2.24, 2.45) is 0 Å². The van der Waals surface area contributed by atoms with Gasteiger partial charge in [0, 0.05) is 23.1 Å². The normalized spacial score (nSPS) is 11.5. The van der Waals surface area contributed by atoms with Crippen LogP contribution in [-0.2, 0) is 5.41 Å². The van der Waals surface area contributed by atoms with Gasteiger partial charge in [-0.2, -0.15) is 0 Å². The van der Waals surface area contributed by atoms with Crippen LogP contribution in [0.4, 0.5) is 5.82 Å². The molecule has 0 bridgehead atoms. The first kappa shape index (κ1) is 15.5. The van der Waals surface area contributed by atoms with Crippen molar-refractivity contribution in [3.05, 3.63) is 41.7 Å². The van der Waals surface area contributed by atoms with E-state index in [1.807, 2.05) is 18.2 Å². The average Bonchev–Trinajstić information content (AvgIpc) is 2.46. The van der Waals surface area contributed by atoms with E-state index in [0.29, 0.717) is 0 Å². The maximum absolute atomic E-state index is 4.83. The lowest BCUT2D eigenvalue weighted by Crippen LogP contribution is -2.19. The summed E-state index contributed by atoms with van der Waals surface area (Å²) in [7, 11) is 0. The van der Waals surface area contributed by atoms with Gasteiger partial charge >= 0.3 is 0 Å². The van der Waals surface area contributed by atoms with Gasteiger partial charge < -0.3 is 5.32 Å². The Balaban J connectivity index is 2.58. The molecule has 0 aliphatic carbocycles. The van der Waals surface area contributed by atoms with Gasteiger partial charge in [0.05, 0.1) is 5.69 Å². The molecule has 3 heteroatoms. The van der Waals surface area contributed by atoms with Crippen LogP contribution in [0, 0.1) is 6.92 Å². The molecule has 21 heavy (non-hydrogen) atoms. The minimum atomic E-state index is -0.0696. The lowest BCUT2D eigenvalue weighted by Gasteiger charge is -2.21. The van der Waals surface area contributed by atoms with Crippen molar-refractivity contribution in [3.63, 3.8) is 0 Å². The summed E-state index contributed by atoms with van der Waals surface area (Å²) in [6.45, 7) is 11.6. The van der Waals surface area contributed by atoms with Gasteiger partial charge in [-0.25, -0.2) is 9.97 Å². The van der Waals surface area contributed by atoms with Crippen LogP contribution in [0.1, 0.15) is 45.5 Å². The van der Waals surface area contributed by atoms with Gasteiger partial charge in [-0.15, -0.1) is 0 Å². The molecule has 1 aromatic heterocycles. The molecule has 0 unspecified atom stereocenters. The molecule has 112 valence electrons. The van der Waals surface area contributed by atoms with Crippen molar-refractivity contribution in [2.75, 3.05) is 11.9 Å². The summed E-state index contributed by atoms with van der Waals surface area (Å²) in [6.07, 6.45) is 1.08. The molecule has 1 heterocycles. The number of hydrogen-bond donors (Lipinski definition) is 1. The van der Waals surface area contributed by atoms with Gasteiger partial charge in [0.1, 0.15) is 11.6 Å². The van der Waals surface area contributed by atoms with Crippen LogP contribution >= 0.6 is 0 Å². The van der Waals surface area contributed by atoms with E-state index in [0.717, 1.165) is 41.4 Å². The fourth-order valence-electron chi connectivity index (χ4n) is 2.14. The Hall–Kier alpha value is -1.90. The summed E-state index contributed by atoms with van der Waals surface area (Å²) in [4.78, 5) is 9.58. The fourth-order valence-corrected chi connectivity index (χ4v) is 2.14. The highest BCUT2D eigenvalue weighted by Gasteiger charge is 2.21. The summed E-state index contributed by atoms with van der Waals surface area (Å²) in [5.74, 6) is 1.83. The van der Waals surface area contributed by atoms with Gasteiger partial charge in [0.2, 0.25) is 0 Å². The number of rotatable bonds is 4. The third kappa shape index (κ3) is 3.60. The van der Waals surface area contributed by atoms with Crippen molar-refractivity contribution in [1.82, 2.24) is 9.97 Å². The number of anilines is 1. The van der Waals surface area contributed by atoms with Crippen LogP contribution in [-0.4, -0.2) is 16.5 Å². The average molecular weight is 283 g/mol. The Bertz CT molecular complexity index is 598. The summed E-state index contributed by atoms with van der Waals surface area (Å²) < 4.78 is 0. The standard InChI is InChI=1S/C18H25N3/c1-6-12-19-16-13(2)15(14-10-8-7-9-11-14)20-17(21-16)18(3,4)5/h7-11H,6,12H2,1-5H3,(H,19,20,21). The summed E-state index contributed by atoms with van der Waals surface area (Å²) in [5.41, 5.74) is 3.21. The van der Waals surface area contributed by atoms with E-state index in [1.165, 1.54) is 0 Å². The van der Waals surface area contributed by atoms with Gasteiger partial charge in [-0.3, -0.25) is 0 Å². The van der Waals surface area contributed by atoms with Crippen molar-refractivity contribution in [3.8, 4) is 11.3 Å². The SMILES string of the molecule is CCCNc1nc(C(C)(C)C)nc(-c2ccccc2)c1C. The third-order valence-electron chi connectivity index (χ3n) is 3.41. The maximum Gasteiger partial charge on any atom is 0.136 e. The third-order valence-corrected chi connectivity index (χ3v) is 3.41. The van der Waals surface area contributed by atoms with E-state index in [4.69, 9.17) is 9.97 Å². The van der Waals surface area contributed by atoms with Crippen molar-refractivity contribution < 1.29 is 0 Å². The quantitative estimate of drug-likeness (QED) is 0.893. The molecule has 0 amide bonds. The molecule has 0 atom stereocenters. The molecule has 2 rings (SSSR count). The van der Waals surface area contributed by atoms with Crippen molar-refractivity contribution in [1.29, 1.82) is 0 Å². The molecule has 0 radical (unpaired) electrons. The van der Waals surface area contributed by atoms with E-state index in [2.05, 4.69) is 52.1 Å². The highest BCUT2D eigenvalue weighted by atomic mass is 15.0. The van der Waals surface area contributed by atoms with Crippen molar-refractivity contribution >= 4 is 5.82 Å². The van der Waals surface area contributed by atoms with E-state index in [9.17, 15) is 0 Å². The van der Waals surface area contributed by atoms with Gasteiger partial charge in [-0.1, -0.05) is 58.0 Å². The molecule has 0 aliphatic heterocycles. The second-order valence-electron chi connectivity index (χ2n) is 6.41. The predicted octanol–water partition coefficient (Wildman–Crippen LogP) is 4.57. The predicted molar refractivity (Wildman–Crippen MR) is 89.7 cm³/mol. The molecular weight excluding hydrogens is 258 g/mol. The highest BCUT2D eigenvalue weighted by Crippen LogP contribution is 2.29. The molecule has 0 fully saturated rings. The first-order chi connectivity index (χ1) is 9.93. The first-order valence-electron chi connectivity index (χ1n) is 7.62. The summed E-state index contributed by atoms with van der Waals surface area (Å²) in [5, 5.41) is 3.43. The van der Waals surface area contributed by atoms with Crippen LogP contribution in [0.15, 0.2) is 30.3 Å². The van der Waals surface area contributed by atoms with Gasteiger partial charge in [-0.05, 0) is 13.3 Å². The second-order valence-corrected chi connectivity index (χ2v) is 6.41. The molecule has 3 nitrogen and oxygen atoms in total. The largest absolute Gasteiger partial charge is 0.370 e. The maximum atomic E-state index is 4.83. The lowest BCUT2D eigenvalue weighted by atomic mass is 9.95. The Morgan fingerprint density at radius 1 is 1.05 bits per heavy atom. The zero-order valence-corrected chi connectivity index (χ0v) is 13.7. The van der Waals surface area contributed by atoms with Gasteiger partial charge in [0.15, 0.2) is 0 Å². The zero-order chi connectivity index (χ0) is 15.5. The monoisotopic (exact) mass is 283 g/mol. The lowest BCUT2D eigenvalue weighted by molar-refractivity contribution is 0.546. The van der Waals surface area contributed by atoms with E-state index in [1.54, 1.807) is 0 Å². The van der Waals surface area contributed by atoms with Gasteiger partial charge in [0.25, 0.3) is 0 Å². The smallest absolute Gasteiger partial charge is 0.136 e. The first-order valence-corrected chi connectivity index (χ1v) is 7.62. The van der Waals surface area contributed by atoms with Crippen LogP contribution in [0.2, 0.25) is 0 Å². The molecule has 1 N–H and O–H groups in total. The molecule has 0 saturated heterocycles. The summed E-state index contributed by atoms with van der Waals surface area (Å²) >= 11 is 0. The number of nitrogens with zero attached hydrogens (tertiary/aromatic N) is 2. The molecular formula is C18H25N3. The number of benzene rings is 1. The van der Waals surface area contributed by atoms with E-state index >= 15 is 0 Å². The van der Waals surface area contributed by atoms with Crippen molar-refractivity contribution in [2.45, 2.75) is 46.5 Å². The minimum Gasteiger partial charge on any atom is -0.370 e. The Kier molecular flexibility index (Phi) is 4.61. The van der Waals surface area contributed by atoms with Crippen LogP contribution in [0.25, 0.3) is 11.3 Å². The Morgan fingerprint density at radius 2 is 1.71 bits per heavy atom.